The van der Waals surface area contributed by atoms with Gasteiger partial charge in [-0.2, -0.15) is 0 Å². The van der Waals surface area contributed by atoms with Gasteiger partial charge in [0, 0.05) is 29.4 Å². The standard InChI is InChI=1S/C23H29Cl2N3O4/c1-31-21-11-20(26)15(9-18(21)23(27)30)8-14-4-6-28(7-5-14)12-17(29)13-32-22-10-16(24)2-3-19(22)25/h2-3,9-11,14,17,29H,4-8,12-13,26H2,1H3,(H2,27,30). The third-order valence-corrected chi connectivity index (χ3v) is 6.28. The number of primary amides is 1. The molecule has 0 saturated carbocycles. The molecule has 1 amide bonds. The smallest absolute Gasteiger partial charge is 0.252 e. The molecule has 1 aliphatic heterocycles. The molecule has 2 aromatic rings. The van der Waals surface area contributed by atoms with Gasteiger partial charge >= 0.3 is 0 Å². The summed E-state index contributed by atoms with van der Waals surface area (Å²) in [6, 6.07) is 8.39. The quantitative estimate of drug-likeness (QED) is 0.473. The van der Waals surface area contributed by atoms with E-state index in [1.165, 1.54) is 7.11 Å². The summed E-state index contributed by atoms with van der Waals surface area (Å²) in [6.07, 6.45) is 2.05. The number of nitrogens with two attached hydrogens (primary N) is 2. The molecular formula is C23H29Cl2N3O4. The Balaban J connectivity index is 1.48. The predicted molar refractivity (Wildman–Crippen MR) is 127 cm³/mol. The molecule has 0 aromatic heterocycles. The van der Waals surface area contributed by atoms with Crippen LogP contribution in [0, 0.1) is 5.92 Å². The minimum atomic E-state index is -0.642. The number of ether oxygens (including phenoxy) is 2. The van der Waals surface area contributed by atoms with Crippen LogP contribution in [0.1, 0.15) is 28.8 Å². The highest BCUT2D eigenvalue weighted by Gasteiger charge is 2.23. The van der Waals surface area contributed by atoms with Gasteiger partial charge in [0.25, 0.3) is 5.91 Å². The third-order valence-electron chi connectivity index (χ3n) is 5.74. The van der Waals surface area contributed by atoms with Gasteiger partial charge in [-0.25, -0.2) is 0 Å². The molecule has 0 radical (unpaired) electrons. The predicted octanol–water partition coefficient (Wildman–Crippen LogP) is 3.38. The van der Waals surface area contributed by atoms with Crippen LogP contribution in [0.15, 0.2) is 30.3 Å². The van der Waals surface area contributed by atoms with E-state index in [0.717, 1.165) is 37.9 Å². The zero-order valence-electron chi connectivity index (χ0n) is 18.0. The van der Waals surface area contributed by atoms with Crippen molar-refractivity contribution in [1.82, 2.24) is 4.90 Å². The highest BCUT2D eigenvalue weighted by Crippen LogP contribution is 2.30. The lowest BCUT2D eigenvalue weighted by atomic mass is 9.88. The fourth-order valence-electron chi connectivity index (χ4n) is 3.99. The summed E-state index contributed by atoms with van der Waals surface area (Å²) in [5, 5.41) is 11.4. The Morgan fingerprint density at radius 1 is 1.22 bits per heavy atom. The number of hydrogen-bond acceptors (Lipinski definition) is 6. The van der Waals surface area contributed by atoms with Crippen LogP contribution in [0.25, 0.3) is 0 Å². The van der Waals surface area contributed by atoms with E-state index in [0.29, 0.717) is 45.3 Å². The van der Waals surface area contributed by atoms with Gasteiger partial charge in [-0.3, -0.25) is 4.79 Å². The van der Waals surface area contributed by atoms with E-state index >= 15 is 0 Å². The largest absolute Gasteiger partial charge is 0.496 e. The van der Waals surface area contributed by atoms with E-state index in [2.05, 4.69) is 4.90 Å². The van der Waals surface area contributed by atoms with Crippen molar-refractivity contribution in [2.45, 2.75) is 25.4 Å². The lowest BCUT2D eigenvalue weighted by molar-refractivity contribution is 0.0551. The fraction of sp³-hybridized carbons (Fsp3) is 0.435. The van der Waals surface area contributed by atoms with Crippen LogP contribution < -0.4 is 20.9 Å². The van der Waals surface area contributed by atoms with E-state index in [4.69, 9.17) is 44.1 Å². The second-order valence-corrected chi connectivity index (χ2v) is 8.95. The Bertz CT molecular complexity index is 949. The van der Waals surface area contributed by atoms with E-state index in [1.54, 1.807) is 30.3 Å². The topological polar surface area (TPSA) is 111 Å². The zero-order valence-corrected chi connectivity index (χ0v) is 19.5. The molecular weight excluding hydrogens is 453 g/mol. The first-order valence-corrected chi connectivity index (χ1v) is 11.3. The van der Waals surface area contributed by atoms with Crippen molar-refractivity contribution in [1.29, 1.82) is 0 Å². The molecule has 3 rings (SSSR count). The Kier molecular flexibility index (Phi) is 8.48. The molecule has 0 spiro atoms. The fourth-order valence-corrected chi connectivity index (χ4v) is 4.32. The molecule has 5 N–H and O–H groups in total. The molecule has 32 heavy (non-hydrogen) atoms. The van der Waals surface area contributed by atoms with Crippen molar-refractivity contribution in [2.24, 2.45) is 11.7 Å². The number of rotatable bonds is 9. The molecule has 9 heteroatoms. The first kappa shape index (κ1) is 24.5. The van der Waals surface area contributed by atoms with Gasteiger partial charge in [0.1, 0.15) is 24.2 Å². The number of nitrogen functional groups attached to an aromatic ring is 1. The molecule has 174 valence electrons. The second kappa shape index (κ2) is 11.1. The summed E-state index contributed by atoms with van der Waals surface area (Å²) in [5.74, 6) is 0.752. The van der Waals surface area contributed by atoms with Crippen LogP contribution in [-0.4, -0.2) is 55.4 Å². The van der Waals surface area contributed by atoms with Crippen LogP contribution in [0.3, 0.4) is 0 Å². The van der Waals surface area contributed by atoms with Crippen LogP contribution in [0.4, 0.5) is 5.69 Å². The summed E-state index contributed by atoms with van der Waals surface area (Å²) in [7, 11) is 1.49. The maximum Gasteiger partial charge on any atom is 0.252 e. The number of carbonyl (C=O) groups is 1. The normalized spacial score (nSPS) is 16.0. The lowest BCUT2D eigenvalue weighted by Gasteiger charge is -2.33. The number of piperidine rings is 1. The first-order valence-electron chi connectivity index (χ1n) is 10.5. The maximum atomic E-state index is 11.7. The number of hydrogen-bond donors (Lipinski definition) is 3. The number of carbonyl (C=O) groups excluding carboxylic acids is 1. The number of methoxy groups -OCH3 is 1. The molecule has 1 atom stereocenters. The number of aliphatic hydroxyl groups excluding tert-OH is 1. The maximum absolute atomic E-state index is 11.7. The first-order chi connectivity index (χ1) is 15.3. The monoisotopic (exact) mass is 481 g/mol. The number of anilines is 1. The number of halogens is 2. The van der Waals surface area contributed by atoms with E-state index < -0.39 is 12.0 Å². The van der Waals surface area contributed by atoms with Gasteiger partial charge in [-0.05, 0) is 62.0 Å². The average Bonchev–Trinajstić information content (AvgIpc) is 2.76. The molecule has 1 fully saturated rings. The number of likely N-dealkylation sites (tertiary alicyclic amines) is 1. The van der Waals surface area contributed by atoms with Crippen molar-refractivity contribution in [2.75, 3.05) is 39.1 Å². The van der Waals surface area contributed by atoms with Crippen LogP contribution in [-0.2, 0) is 6.42 Å². The molecule has 1 heterocycles. The van der Waals surface area contributed by atoms with Gasteiger partial charge in [-0.1, -0.05) is 23.2 Å². The number of benzene rings is 2. The van der Waals surface area contributed by atoms with Gasteiger partial charge in [0.15, 0.2) is 0 Å². The molecule has 1 saturated heterocycles. The van der Waals surface area contributed by atoms with Crippen molar-refractivity contribution in [3.8, 4) is 11.5 Å². The summed E-state index contributed by atoms with van der Waals surface area (Å²) >= 11 is 12.1. The van der Waals surface area contributed by atoms with Crippen LogP contribution in [0.5, 0.6) is 11.5 Å². The Labute approximate surface area is 198 Å². The molecule has 2 aromatic carbocycles. The van der Waals surface area contributed by atoms with Crippen molar-refractivity contribution < 1.29 is 19.4 Å². The SMILES string of the molecule is COc1cc(N)c(CC2CCN(CC(O)COc3cc(Cl)ccc3Cl)CC2)cc1C(N)=O. The van der Waals surface area contributed by atoms with Gasteiger partial charge in [-0.15, -0.1) is 0 Å². The minimum Gasteiger partial charge on any atom is -0.496 e. The zero-order chi connectivity index (χ0) is 23.3. The van der Waals surface area contributed by atoms with Crippen LogP contribution >= 0.6 is 23.2 Å². The molecule has 0 bridgehead atoms. The molecule has 1 aliphatic rings. The second-order valence-electron chi connectivity index (χ2n) is 8.10. The van der Waals surface area contributed by atoms with Crippen molar-refractivity contribution >= 4 is 34.8 Å². The average molecular weight is 482 g/mol. The summed E-state index contributed by atoms with van der Waals surface area (Å²) in [6.45, 7) is 2.37. The Hall–Kier alpha value is -2.19. The molecule has 1 unspecified atom stereocenters. The molecule has 7 nitrogen and oxygen atoms in total. The highest BCUT2D eigenvalue weighted by atomic mass is 35.5. The highest BCUT2D eigenvalue weighted by molar-refractivity contribution is 6.34. The van der Waals surface area contributed by atoms with E-state index in [1.807, 2.05) is 0 Å². The Morgan fingerprint density at radius 2 is 1.94 bits per heavy atom. The minimum absolute atomic E-state index is 0.137. The number of amides is 1. The number of nitrogens with zero attached hydrogens (tertiary/aromatic N) is 1. The van der Waals surface area contributed by atoms with Gasteiger partial charge in [0.2, 0.25) is 0 Å². The summed E-state index contributed by atoms with van der Waals surface area (Å²) in [5.41, 5.74) is 13.5. The van der Waals surface area contributed by atoms with Crippen molar-refractivity contribution in [3.63, 3.8) is 0 Å². The van der Waals surface area contributed by atoms with E-state index in [-0.39, 0.29) is 6.61 Å². The van der Waals surface area contributed by atoms with Crippen LogP contribution in [0.2, 0.25) is 10.0 Å². The van der Waals surface area contributed by atoms with Gasteiger partial charge < -0.3 is 30.9 Å². The van der Waals surface area contributed by atoms with Gasteiger partial charge in [0.05, 0.1) is 17.7 Å². The number of β-amino-alcohol motifs (C(OH)–C–C–N with tert-alkyl or cyclic N) is 1. The summed E-state index contributed by atoms with van der Waals surface area (Å²) < 4.78 is 10.8. The molecule has 0 aliphatic carbocycles. The Morgan fingerprint density at radius 3 is 2.59 bits per heavy atom. The third kappa shape index (κ3) is 6.42. The van der Waals surface area contributed by atoms with Crippen molar-refractivity contribution in [3.05, 3.63) is 51.5 Å². The summed E-state index contributed by atoms with van der Waals surface area (Å²) in [4.78, 5) is 13.9. The lowest BCUT2D eigenvalue weighted by Crippen LogP contribution is -2.41. The van der Waals surface area contributed by atoms with E-state index in [9.17, 15) is 9.90 Å². The number of aliphatic hydroxyl groups is 1.